The number of hydrogen-bond acceptors (Lipinski definition) is 8. The zero-order valence-electron chi connectivity index (χ0n) is 13.3. The first-order chi connectivity index (χ1) is 10.8. The lowest BCUT2D eigenvalue weighted by Gasteiger charge is -2.26. The van der Waals surface area contributed by atoms with Crippen LogP contribution in [0.4, 0.5) is 0 Å². The highest BCUT2D eigenvalue weighted by atomic mass is 33.1. The van der Waals surface area contributed by atoms with Gasteiger partial charge in [0.2, 0.25) is 0 Å². The first-order valence-corrected chi connectivity index (χ1v) is 13.8. The number of sulfone groups is 2. The molecule has 2 N–H and O–H groups in total. The van der Waals surface area contributed by atoms with E-state index in [0.29, 0.717) is 21.5 Å². The summed E-state index contributed by atoms with van der Waals surface area (Å²) in [6, 6.07) is 0. The highest BCUT2D eigenvalue weighted by Crippen LogP contribution is 2.30. The SMILES string of the molecule is C[C@]1(NC(=S)SSC(=S)N[C@]2(C)CCS(=O)(=O)C2)CCS(=O)(=O)C1. The van der Waals surface area contributed by atoms with E-state index in [2.05, 4.69) is 10.6 Å². The van der Waals surface area contributed by atoms with Crippen molar-refractivity contribution in [1.82, 2.24) is 10.6 Å². The normalized spacial score (nSPS) is 33.9. The Morgan fingerprint density at radius 2 is 1.17 bits per heavy atom. The molecule has 6 nitrogen and oxygen atoms in total. The summed E-state index contributed by atoms with van der Waals surface area (Å²) in [5.74, 6) is 0.488. The summed E-state index contributed by atoms with van der Waals surface area (Å²) < 4.78 is 47.3. The molecule has 0 saturated carbocycles. The van der Waals surface area contributed by atoms with Gasteiger partial charge in [-0.1, -0.05) is 24.4 Å². The van der Waals surface area contributed by atoms with Crippen molar-refractivity contribution in [1.29, 1.82) is 0 Å². The molecule has 0 amide bonds. The van der Waals surface area contributed by atoms with Crippen molar-refractivity contribution in [3.05, 3.63) is 0 Å². The van der Waals surface area contributed by atoms with Crippen LogP contribution >= 0.6 is 46.0 Å². The van der Waals surface area contributed by atoms with Gasteiger partial charge >= 0.3 is 0 Å². The molecule has 2 aliphatic heterocycles. The number of thiocarbonyl (C=S) groups is 2. The molecule has 2 heterocycles. The van der Waals surface area contributed by atoms with Crippen LogP contribution in [0.15, 0.2) is 0 Å². The molecule has 2 saturated heterocycles. The van der Waals surface area contributed by atoms with Crippen LogP contribution in [0.3, 0.4) is 0 Å². The highest BCUT2D eigenvalue weighted by Gasteiger charge is 2.40. The van der Waals surface area contributed by atoms with Gasteiger partial charge in [0.25, 0.3) is 0 Å². The Morgan fingerprint density at radius 1 is 0.833 bits per heavy atom. The second-order valence-corrected chi connectivity index (χ2v) is 14.6. The zero-order valence-corrected chi connectivity index (χ0v) is 18.2. The summed E-state index contributed by atoms with van der Waals surface area (Å²) in [5, 5.41) is 6.19. The Balaban J connectivity index is 1.79. The van der Waals surface area contributed by atoms with Crippen LogP contribution < -0.4 is 10.6 Å². The minimum absolute atomic E-state index is 0.0734. The van der Waals surface area contributed by atoms with E-state index >= 15 is 0 Å². The van der Waals surface area contributed by atoms with Crippen LogP contribution in [0.5, 0.6) is 0 Å². The van der Waals surface area contributed by atoms with Crippen molar-refractivity contribution in [2.45, 2.75) is 37.8 Å². The van der Waals surface area contributed by atoms with Crippen LogP contribution in [0.25, 0.3) is 0 Å². The third-order valence-corrected chi connectivity index (χ3v) is 11.0. The molecular weight excluding hydrogens is 429 g/mol. The summed E-state index contributed by atoms with van der Waals surface area (Å²) in [7, 11) is -3.52. The maximum absolute atomic E-state index is 11.6. The van der Waals surface area contributed by atoms with E-state index < -0.39 is 30.8 Å². The Labute approximate surface area is 161 Å². The van der Waals surface area contributed by atoms with Crippen molar-refractivity contribution in [3.8, 4) is 0 Å². The first-order valence-electron chi connectivity index (χ1n) is 7.22. The molecule has 138 valence electrons. The molecule has 0 aliphatic carbocycles. The van der Waals surface area contributed by atoms with E-state index in [-0.39, 0.29) is 23.0 Å². The molecule has 0 unspecified atom stereocenters. The lowest BCUT2D eigenvalue weighted by molar-refractivity contribution is 0.477. The molecule has 0 aromatic carbocycles. The largest absolute Gasteiger partial charge is 0.364 e. The monoisotopic (exact) mass is 448 g/mol. The second kappa shape index (κ2) is 7.18. The van der Waals surface area contributed by atoms with E-state index in [0.717, 1.165) is 0 Å². The highest BCUT2D eigenvalue weighted by molar-refractivity contribution is 8.89. The van der Waals surface area contributed by atoms with Gasteiger partial charge in [-0.25, -0.2) is 16.8 Å². The van der Waals surface area contributed by atoms with E-state index in [1.54, 1.807) is 0 Å². The van der Waals surface area contributed by atoms with Gasteiger partial charge in [-0.05, 0) is 48.3 Å². The van der Waals surface area contributed by atoms with Crippen molar-refractivity contribution >= 4 is 74.3 Å². The molecule has 0 radical (unpaired) electrons. The summed E-state index contributed by atoms with van der Waals surface area (Å²) in [6.07, 6.45) is 1.05. The van der Waals surface area contributed by atoms with Gasteiger partial charge in [0, 0.05) is 0 Å². The number of hydrogen-bond donors (Lipinski definition) is 2. The third-order valence-electron chi connectivity index (χ3n) is 4.01. The Bertz CT molecular complexity index is 686. The van der Waals surface area contributed by atoms with Gasteiger partial charge in [0.05, 0.1) is 34.1 Å². The molecular formula is C12H20N2O4S6. The number of nitrogens with one attached hydrogen (secondary N) is 2. The predicted molar refractivity (Wildman–Crippen MR) is 110 cm³/mol. The predicted octanol–water partition coefficient (Wildman–Crippen LogP) is 1.27. The fraction of sp³-hybridized carbons (Fsp3) is 0.833. The maximum Gasteiger partial charge on any atom is 0.152 e. The summed E-state index contributed by atoms with van der Waals surface area (Å²) in [4.78, 5) is 0. The maximum atomic E-state index is 11.6. The lowest BCUT2D eigenvalue weighted by atomic mass is 10.0. The molecule has 24 heavy (non-hydrogen) atoms. The van der Waals surface area contributed by atoms with Gasteiger partial charge in [0.1, 0.15) is 8.64 Å². The van der Waals surface area contributed by atoms with Gasteiger partial charge in [-0.15, -0.1) is 0 Å². The zero-order chi connectivity index (χ0) is 18.2. The minimum Gasteiger partial charge on any atom is -0.364 e. The molecule has 2 aliphatic rings. The summed E-state index contributed by atoms with van der Waals surface area (Å²) in [5.41, 5.74) is -1.08. The fourth-order valence-corrected chi connectivity index (χ4v) is 9.55. The smallest absolute Gasteiger partial charge is 0.152 e. The molecule has 2 atom stereocenters. The fourth-order valence-electron chi connectivity index (χ4n) is 2.83. The summed E-state index contributed by atoms with van der Waals surface area (Å²) in [6.45, 7) is 3.69. The second-order valence-electron chi connectivity index (χ2n) is 6.80. The van der Waals surface area contributed by atoms with Crippen molar-refractivity contribution in [3.63, 3.8) is 0 Å². The van der Waals surface area contributed by atoms with E-state index in [1.807, 2.05) is 13.8 Å². The van der Waals surface area contributed by atoms with Gasteiger partial charge < -0.3 is 10.6 Å². The van der Waals surface area contributed by atoms with Gasteiger partial charge in [0.15, 0.2) is 19.7 Å². The quantitative estimate of drug-likeness (QED) is 0.475. The van der Waals surface area contributed by atoms with Crippen LogP contribution in [0.1, 0.15) is 26.7 Å². The Morgan fingerprint density at radius 3 is 1.42 bits per heavy atom. The van der Waals surface area contributed by atoms with E-state index in [1.165, 1.54) is 21.6 Å². The van der Waals surface area contributed by atoms with Crippen molar-refractivity contribution in [2.75, 3.05) is 23.0 Å². The third kappa shape index (κ3) is 5.97. The Hall–Kier alpha value is 0.380. The minimum atomic E-state index is -3.00. The molecule has 0 spiro atoms. The molecule has 12 heteroatoms. The molecule has 2 rings (SSSR count). The topological polar surface area (TPSA) is 92.3 Å². The van der Waals surface area contributed by atoms with E-state index in [9.17, 15) is 16.8 Å². The van der Waals surface area contributed by atoms with Crippen LogP contribution in [-0.4, -0.2) is 59.6 Å². The van der Waals surface area contributed by atoms with Gasteiger partial charge in [-0.2, -0.15) is 0 Å². The first kappa shape index (κ1) is 20.7. The van der Waals surface area contributed by atoms with Crippen LogP contribution in [0.2, 0.25) is 0 Å². The molecule has 0 aromatic rings. The standard InChI is InChI=1S/C12H20N2O4S6/c1-11(3-5-23(15,16)7-11)13-9(19)21-22-10(20)14-12(2)4-6-24(17,18)8-12/h3-8H2,1-2H3,(H,13,19)(H,14,20)/t11-,12+. The van der Waals surface area contributed by atoms with Crippen molar-refractivity contribution in [2.24, 2.45) is 0 Å². The van der Waals surface area contributed by atoms with Crippen molar-refractivity contribution < 1.29 is 16.8 Å². The van der Waals surface area contributed by atoms with Crippen LogP contribution in [0, 0.1) is 0 Å². The molecule has 0 aromatic heterocycles. The average molecular weight is 449 g/mol. The van der Waals surface area contributed by atoms with Gasteiger partial charge in [-0.3, -0.25) is 0 Å². The number of rotatable bonds is 2. The van der Waals surface area contributed by atoms with Crippen LogP contribution in [-0.2, 0) is 19.7 Å². The lowest BCUT2D eigenvalue weighted by Crippen LogP contribution is -2.46. The Kier molecular flexibility index (Phi) is 6.19. The molecule has 2 fully saturated rings. The van der Waals surface area contributed by atoms with E-state index in [4.69, 9.17) is 24.4 Å². The summed E-state index contributed by atoms with van der Waals surface area (Å²) >= 11 is 10.5. The average Bonchev–Trinajstić information content (AvgIpc) is 2.82. The molecule has 0 bridgehead atoms.